The molecule has 0 unspecified atom stereocenters. The molecule has 0 radical (unpaired) electrons. The maximum atomic E-state index is 12.2. The normalized spacial score (nSPS) is 12.3. The van der Waals surface area contributed by atoms with Crippen molar-refractivity contribution in [2.24, 2.45) is 0 Å². The highest BCUT2D eigenvalue weighted by atomic mass is 32.1. The Morgan fingerprint density at radius 3 is 2.62 bits per heavy atom. The minimum atomic E-state index is 0.0473. The monoisotopic (exact) mass is 368 g/mol. The van der Waals surface area contributed by atoms with E-state index in [-0.39, 0.29) is 11.9 Å². The average Bonchev–Trinajstić information content (AvgIpc) is 3.33. The van der Waals surface area contributed by atoms with E-state index < -0.39 is 0 Å². The maximum Gasteiger partial charge on any atom is 0.220 e. The first-order chi connectivity index (χ1) is 12.6. The van der Waals surface area contributed by atoms with Gasteiger partial charge in [-0.2, -0.15) is 0 Å². The maximum absolute atomic E-state index is 12.2. The number of amides is 1. The fourth-order valence-electron chi connectivity index (χ4n) is 2.82. The Morgan fingerprint density at radius 2 is 1.92 bits per heavy atom. The molecule has 2 aromatic heterocycles. The zero-order valence-electron chi connectivity index (χ0n) is 15.1. The van der Waals surface area contributed by atoms with Gasteiger partial charge in [0.15, 0.2) is 0 Å². The SMILES string of the molecule is CN(C)[C@@H](CNC(=O)CCc1ccc(-c2ccccc2)o1)c1cccs1. The van der Waals surface area contributed by atoms with Crippen LogP contribution >= 0.6 is 11.3 Å². The molecule has 1 amide bonds. The van der Waals surface area contributed by atoms with Crippen LogP contribution in [0, 0.1) is 0 Å². The Balaban J connectivity index is 1.49. The first-order valence-corrected chi connectivity index (χ1v) is 9.62. The highest BCUT2D eigenvalue weighted by Gasteiger charge is 2.16. The summed E-state index contributed by atoms with van der Waals surface area (Å²) >= 11 is 1.71. The van der Waals surface area contributed by atoms with E-state index in [9.17, 15) is 4.79 Å². The number of thiophene rings is 1. The largest absolute Gasteiger partial charge is 0.461 e. The van der Waals surface area contributed by atoms with Crippen LogP contribution in [0.4, 0.5) is 0 Å². The Labute approximate surface area is 158 Å². The summed E-state index contributed by atoms with van der Waals surface area (Å²) in [5.74, 6) is 1.72. The topological polar surface area (TPSA) is 45.5 Å². The number of hydrogen-bond acceptors (Lipinski definition) is 4. The summed E-state index contributed by atoms with van der Waals surface area (Å²) in [6.45, 7) is 0.611. The Bertz CT molecular complexity index is 810. The van der Waals surface area contributed by atoms with Crippen molar-refractivity contribution >= 4 is 17.2 Å². The van der Waals surface area contributed by atoms with E-state index in [4.69, 9.17) is 4.42 Å². The molecule has 2 heterocycles. The van der Waals surface area contributed by atoms with Gasteiger partial charge in [0.25, 0.3) is 0 Å². The molecule has 1 aromatic carbocycles. The predicted octanol–water partition coefficient (Wildman–Crippen LogP) is 4.36. The van der Waals surface area contributed by atoms with Gasteiger partial charge in [0.2, 0.25) is 5.91 Å². The van der Waals surface area contributed by atoms with Crippen LogP contribution in [0.3, 0.4) is 0 Å². The van der Waals surface area contributed by atoms with Gasteiger partial charge in [-0.05, 0) is 37.7 Å². The third kappa shape index (κ3) is 4.84. The Hall–Kier alpha value is -2.37. The van der Waals surface area contributed by atoms with Gasteiger partial charge in [0, 0.05) is 29.8 Å². The number of likely N-dealkylation sites (N-methyl/N-ethyl adjacent to an activating group) is 1. The number of carbonyl (C=O) groups is 1. The van der Waals surface area contributed by atoms with Crippen molar-refractivity contribution in [1.82, 2.24) is 10.2 Å². The highest BCUT2D eigenvalue weighted by molar-refractivity contribution is 7.10. The van der Waals surface area contributed by atoms with Crippen molar-refractivity contribution in [3.05, 3.63) is 70.6 Å². The second-order valence-corrected chi connectivity index (χ2v) is 7.41. The lowest BCUT2D eigenvalue weighted by molar-refractivity contribution is -0.121. The van der Waals surface area contributed by atoms with Crippen molar-refractivity contribution in [3.63, 3.8) is 0 Å². The van der Waals surface area contributed by atoms with Gasteiger partial charge in [0.05, 0.1) is 6.04 Å². The molecule has 136 valence electrons. The van der Waals surface area contributed by atoms with Crippen LogP contribution in [0.2, 0.25) is 0 Å². The molecular weight excluding hydrogens is 344 g/mol. The van der Waals surface area contributed by atoms with Crippen molar-refractivity contribution in [2.45, 2.75) is 18.9 Å². The summed E-state index contributed by atoms with van der Waals surface area (Å²) in [6.07, 6.45) is 1.02. The number of furan rings is 1. The summed E-state index contributed by atoms with van der Waals surface area (Å²) in [4.78, 5) is 15.6. The van der Waals surface area contributed by atoms with Gasteiger partial charge in [0.1, 0.15) is 11.5 Å². The van der Waals surface area contributed by atoms with Gasteiger partial charge >= 0.3 is 0 Å². The zero-order chi connectivity index (χ0) is 18.4. The van der Waals surface area contributed by atoms with Gasteiger partial charge < -0.3 is 14.6 Å². The minimum Gasteiger partial charge on any atom is -0.461 e. The fourth-order valence-corrected chi connectivity index (χ4v) is 3.75. The van der Waals surface area contributed by atoms with Crippen LogP contribution in [0.15, 0.2) is 64.4 Å². The van der Waals surface area contributed by atoms with E-state index in [0.717, 1.165) is 17.1 Å². The molecule has 26 heavy (non-hydrogen) atoms. The molecule has 0 saturated heterocycles. The highest BCUT2D eigenvalue weighted by Crippen LogP contribution is 2.23. The molecule has 0 bridgehead atoms. The van der Waals surface area contributed by atoms with Crippen LogP contribution in [-0.4, -0.2) is 31.4 Å². The summed E-state index contributed by atoms with van der Waals surface area (Å²) in [5, 5.41) is 5.11. The number of aryl methyl sites for hydroxylation is 1. The molecule has 5 heteroatoms. The summed E-state index contributed by atoms with van der Waals surface area (Å²) in [6, 6.07) is 18.2. The number of hydrogen-bond donors (Lipinski definition) is 1. The Kier molecular flexibility index (Phi) is 6.26. The summed E-state index contributed by atoms with van der Waals surface area (Å²) in [5.41, 5.74) is 1.05. The molecule has 1 atom stereocenters. The average molecular weight is 369 g/mol. The first-order valence-electron chi connectivity index (χ1n) is 8.74. The standard InChI is InChI=1S/C21H24N2O2S/c1-23(2)18(20-9-6-14-26-20)15-22-21(24)13-11-17-10-12-19(25-17)16-7-4-3-5-8-16/h3-10,12,14,18H,11,13,15H2,1-2H3,(H,22,24)/t18-/m0/s1. The van der Waals surface area contributed by atoms with E-state index in [1.165, 1.54) is 4.88 Å². The quantitative estimate of drug-likeness (QED) is 0.642. The van der Waals surface area contributed by atoms with Gasteiger partial charge in [-0.25, -0.2) is 0 Å². The van der Waals surface area contributed by atoms with E-state index in [2.05, 4.69) is 21.7 Å². The lowest BCUT2D eigenvalue weighted by atomic mass is 10.2. The van der Waals surface area contributed by atoms with Gasteiger partial charge in [-0.3, -0.25) is 4.79 Å². The lowest BCUT2D eigenvalue weighted by Gasteiger charge is -2.23. The Morgan fingerprint density at radius 1 is 1.12 bits per heavy atom. The van der Waals surface area contributed by atoms with Crippen molar-refractivity contribution in [1.29, 1.82) is 0 Å². The summed E-state index contributed by atoms with van der Waals surface area (Å²) in [7, 11) is 4.06. The van der Waals surface area contributed by atoms with Crippen molar-refractivity contribution < 1.29 is 9.21 Å². The van der Waals surface area contributed by atoms with Gasteiger partial charge in [-0.15, -0.1) is 11.3 Å². The number of nitrogens with zero attached hydrogens (tertiary/aromatic N) is 1. The van der Waals surface area contributed by atoms with Crippen LogP contribution in [0.25, 0.3) is 11.3 Å². The molecule has 0 saturated carbocycles. The lowest BCUT2D eigenvalue weighted by Crippen LogP contribution is -2.34. The van der Waals surface area contributed by atoms with E-state index in [0.29, 0.717) is 19.4 Å². The molecule has 3 rings (SSSR count). The molecule has 0 aliphatic carbocycles. The van der Waals surface area contributed by atoms with E-state index >= 15 is 0 Å². The van der Waals surface area contributed by atoms with E-state index in [1.54, 1.807) is 11.3 Å². The molecule has 4 nitrogen and oxygen atoms in total. The molecule has 0 aliphatic heterocycles. The van der Waals surface area contributed by atoms with Crippen molar-refractivity contribution in [2.75, 3.05) is 20.6 Å². The second kappa shape index (κ2) is 8.83. The molecule has 0 aliphatic rings. The van der Waals surface area contributed by atoms with Gasteiger partial charge in [-0.1, -0.05) is 36.4 Å². The molecule has 0 fully saturated rings. The molecular formula is C21H24N2O2S. The second-order valence-electron chi connectivity index (χ2n) is 6.43. The number of rotatable bonds is 8. The number of nitrogens with one attached hydrogen (secondary N) is 1. The number of benzene rings is 1. The molecule has 0 spiro atoms. The third-order valence-electron chi connectivity index (χ3n) is 4.31. The smallest absolute Gasteiger partial charge is 0.220 e. The van der Waals surface area contributed by atoms with Crippen LogP contribution in [0.1, 0.15) is 23.1 Å². The van der Waals surface area contributed by atoms with E-state index in [1.807, 2.05) is 62.6 Å². The summed E-state index contributed by atoms with van der Waals surface area (Å²) < 4.78 is 5.86. The van der Waals surface area contributed by atoms with Crippen LogP contribution in [0.5, 0.6) is 0 Å². The molecule has 3 aromatic rings. The van der Waals surface area contributed by atoms with Crippen LogP contribution in [-0.2, 0) is 11.2 Å². The predicted molar refractivity (Wildman–Crippen MR) is 106 cm³/mol. The first kappa shape index (κ1) is 18.4. The number of carbonyl (C=O) groups excluding carboxylic acids is 1. The zero-order valence-corrected chi connectivity index (χ0v) is 16.0. The fraction of sp³-hybridized carbons (Fsp3) is 0.286. The third-order valence-corrected chi connectivity index (χ3v) is 5.28. The van der Waals surface area contributed by atoms with Crippen molar-refractivity contribution in [3.8, 4) is 11.3 Å². The minimum absolute atomic E-state index is 0.0473. The molecule has 1 N–H and O–H groups in total. The van der Waals surface area contributed by atoms with Crippen LogP contribution < -0.4 is 5.32 Å².